The zero-order chi connectivity index (χ0) is 18.1. The fraction of sp³-hybridized carbons (Fsp3) is 0.222. The highest BCUT2D eigenvalue weighted by molar-refractivity contribution is 6.33. The molecule has 0 atom stereocenters. The number of hydrogen-bond acceptors (Lipinski definition) is 6. The van der Waals surface area contributed by atoms with Gasteiger partial charge in [-0.15, -0.1) is 0 Å². The maximum atomic E-state index is 11.8. The summed E-state index contributed by atoms with van der Waals surface area (Å²) >= 11 is 6.19. The van der Waals surface area contributed by atoms with Crippen LogP contribution in [0.5, 0.6) is 0 Å². The highest BCUT2D eigenvalue weighted by atomic mass is 35.5. The molecule has 1 N–H and O–H groups in total. The second-order valence-corrected chi connectivity index (χ2v) is 6.48. The summed E-state index contributed by atoms with van der Waals surface area (Å²) in [5.41, 5.74) is 2.60. The summed E-state index contributed by atoms with van der Waals surface area (Å²) in [4.78, 5) is 24.9. The largest absolute Gasteiger partial charge is 0.347 e. The molecule has 26 heavy (non-hydrogen) atoms. The first kappa shape index (κ1) is 16.5. The van der Waals surface area contributed by atoms with E-state index >= 15 is 0 Å². The monoisotopic (exact) mass is 368 g/mol. The van der Waals surface area contributed by atoms with Crippen molar-refractivity contribution in [1.82, 2.24) is 20.2 Å². The average Bonchev–Trinajstić information content (AvgIpc) is 2.66. The van der Waals surface area contributed by atoms with Crippen molar-refractivity contribution in [2.45, 2.75) is 13.5 Å². The molecule has 1 aliphatic rings. The molecule has 1 aliphatic heterocycles. The maximum Gasteiger partial charge on any atom is 0.285 e. The lowest BCUT2D eigenvalue weighted by atomic mass is 10.1. The molecule has 3 aromatic rings. The molecule has 132 valence electrons. The van der Waals surface area contributed by atoms with Crippen LogP contribution >= 0.6 is 11.6 Å². The number of aryl methyl sites for hydroxylation is 1. The standard InChI is InChI=1S/C18H17ClN6O/c1-12-4-2-3-5-13(12)11-24-8-9-25(17-16(24)20-6-7-21-17)14-10-22-23-18(26)15(14)19/h2-7,10H,8-9,11H2,1H3,(H,23,26). The molecule has 0 spiro atoms. The van der Waals surface area contributed by atoms with Gasteiger partial charge in [0.25, 0.3) is 5.56 Å². The van der Waals surface area contributed by atoms with Crippen LogP contribution in [-0.2, 0) is 6.54 Å². The minimum absolute atomic E-state index is 0.101. The summed E-state index contributed by atoms with van der Waals surface area (Å²) in [5.74, 6) is 1.43. The van der Waals surface area contributed by atoms with Gasteiger partial charge in [-0.05, 0) is 18.1 Å². The second kappa shape index (κ2) is 6.76. The van der Waals surface area contributed by atoms with Gasteiger partial charge in [0.1, 0.15) is 5.02 Å². The highest BCUT2D eigenvalue weighted by Gasteiger charge is 2.28. The number of H-pyrrole nitrogens is 1. The van der Waals surface area contributed by atoms with Crippen molar-refractivity contribution < 1.29 is 0 Å². The quantitative estimate of drug-likeness (QED) is 0.765. The van der Waals surface area contributed by atoms with Crippen LogP contribution in [0.1, 0.15) is 11.1 Å². The third-order valence-electron chi connectivity index (χ3n) is 4.50. The SMILES string of the molecule is Cc1ccccc1CN1CCN(c2cn[nH]c(=O)c2Cl)c2nccnc21. The van der Waals surface area contributed by atoms with E-state index < -0.39 is 5.56 Å². The number of aromatic amines is 1. The van der Waals surface area contributed by atoms with Gasteiger partial charge >= 0.3 is 0 Å². The first-order valence-electron chi connectivity index (χ1n) is 8.26. The Morgan fingerprint density at radius 2 is 1.92 bits per heavy atom. The topological polar surface area (TPSA) is 78.0 Å². The normalized spacial score (nSPS) is 13.6. The van der Waals surface area contributed by atoms with Crippen LogP contribution in [0.4, 0.5) is 17.3 Å². The number of rotatable bonds is 3. The summed E-state index contributed by atoms with van der Waals surface area (Å²) in [6, 6.07) is 8.30. The zero-order valence-electron chi connectivity index (χ0n) is 14.2. The fourth-order valence-corrected chi connectivity index (χ4v) is 3.31. The van der Waals surface area contributed by atoms with E-state index in [-0.39, 0.29) is 5.02 Å². The molecule has 0 radical (unpaired) electrons. The molecule has 0 bridgehead atoms. The van der Waals surface area contributed by atoms with Gasteiger partial charge in [0.05, 0.1) is 11.9 Å². The minimum atomic E-state index is -0.419. The van der Waals surface area contributed by atoms with E-state index in [9.17, 15) is 4.79 Å². The summed E-state index contributed by atoms with van der Waals surface area (Å²) in [5, 5.41) is 6.31. The Morgan fingerprint density at radius 3 is 2.73 bits per heavy atom. The molecule has 0 aliphatic carbocycles. The first-order chi connectivity index (χ1) is 12.6. The van der Waals surface area contributed by atoms with Crippen molar-refractivity contribution in [3.05, 3.63) is 69.4 Å². The van der Waals surface area contributed by atoms with E-state index in [1.54, 1.807) is 18.6 Å². The summed E-state index contributed by atoms with van der Waals surface area (Å²) in [6.45, 7) is 4.20. The van der Waals surface area contributed by atoms with E-state index in [0.29, 0.717) is 18.1 Å². The molecular weight excluding hydrogens is 352 g/mol. The van der Waals surface area contributed by atoms with Crippen molar-refractivity contribution in [1.29, 1.82) is 0 Å². The summed E-state index contributed by atoms with van der Waals surface area (Å²) in [6.07, 6.45) is 4.85. The Balaban J connectivity index is 1.73. The molecule has 0 fully saturated rings. The van der Waals surface area contributed by atoms with Crippen LogP contribution in [-0.4, -0.2) is 33.3 Å². The third-order valence-corrected chi connectivity index (χ3v) is 4.86. The molecule has 2 aromatic heterocycles. The lowest BCUT2D eigenvalue weighted by molar-refractivity contribution is 0.721. The molecule has 0 unspecified atom stereocenters. The Morgan fingerprint density at radius 1 is 1.15 bits per heavy atom. The van der Waals surface area contributed by atoms with Gasteiger partial charge < -0.3 is 9.80 Å². The van der Waals surface area contributed by atoms with Gasteiger partial charge in [0.15, 0.2) is 11.6 Å². The van der Waals surface area contributed by atoms with Crippen molar-refractivity contribution in [3.63, 3.8) is 0 Å². The van der Waals surface area contributed by atoms with E-state index in [0.717, 1.165) is 18.9 Å². The van der Waals surface area contributed by atoms with E-state index in [1.165, 1.54) is 11.1 Å². The summed E-state index contributed by atoms with van der Waals surface area (Å²) < 4.78 is 0. The second-order valence-electron chi connectivity index (χ2n) is 6.10. The Kier molecular flexibility index (Phi) is 4.30. The van der Waals surface area contributed by atoms with Crippen LogP contribution in [0.25, 0.3) is 0 Å². The highest BCUT2D eigenvalue weighted by Crippen LogP contribution is 2.36. The smallest absolute Gasteiger partial charge is 0.285 e. The van der Waals surface area contributed by atoms with Gasteiger partial charge in [-0.3, -0.25) is 4.79 Å². The van der Waals surface area contributed by atoms with Gasteiger partial charge in [0, 0.05) is 32.0 Å². The van der Waals surface area contributed by atoms with Crippen molar-refractivity contribution in [2.75, 3.05) is 22.9 Å². The van der Waals surface area contributed by atoms with Crippen LogP contribution < -0.4 is 15.4 Å². The fourth-order valence-electron chi connectivity index (χ4n) is 3.11. The predicted octanol–water partition coefficient (Wildman–Crippen LogP) is 2.68. The number of hydrogen-bond donors (Lipinski definition) is 1. The van der Waals surface area contributed by atoms with E-state index in [1.807, 2.05) is 17.0 Å². The molecule has 3 heterocycles. The lowest BCUT2D eigenvalue weighted by Gasteiger charge is -2.36. The van der Waals surface area contributed by atoms with Crippen LogP contribution in [0, 0.1) is 6.92 Å². The van der Waals surface area contributed by atoms with Gasteiger partial charge in [-0.1, -0.05) is 35.9 Å². The Hall–Kier alpha value is -2.93. The molecule has 1 aromatic carbocycles. The Labute approximate surface area is 155 Å². The van der Waals surface area contributed by atoms with Gasteiger partial charge in [-0.2, -0.15) is 5.10 Å². The number of anilines is 3. The Bertz CT molecular complexity index is 1000. The lowest BCUT2D eigenvalue weighted by Crippen LogP contribution is -2.40. The molecule has 7 nitrogen and oxygen atoms in total. The average molecular weight is 369 g/mol. The molecule has 4 rings (SSSR count). The van der Waals surface area contributed by atoms with E-state index in [2.05, 4.69) is 44.1 Å². The number of nitrogens with zero attached hydrogens (tertiary/aromatic N) is 5. The molecule has 0 saturated heterocycles. The van der Waals surface area contributed by atoms with Crippen molar-refractivity contribution >= 4 is 28.9 Å². The zero-order valence-corrected chi connectivity index (χ0v) is 14.9. The maximum absolute atomic E-state index is 11.8. The summed E-state index contributed by atoms with van der Waals surface area (Å²) in [7, 11) is 0. The van der Waals surface area contributed by atoms with Crippen molar-refractivity contribution in [2.24, 2.45) is 0 Å². The first-order valence-corrected chi connectivity index (χ1v) is 8.64. The number of fused-ring (bicyclic) bond motifs is 1. The number of benzene rings is 1. The number of aromatic nitrogens is 4. The van der Waals surface area contributed by atoms with E-state index in [4.69, 9.17) is 11.6 Å². The van der Waals surface area contributed by atoms with Crippen molar-refractivity contribution in [3.8, 4) is 0 Å². The van der Waals surface area contributed by atoms with Crippen LogP contribution in [0.2, 0.25) is 5.02 Å². The van der Waals surface area contributed by atoms with Gasteiger partial charge in [-0.25, -0.2) is 15.1 Å². The van der Waals surface area contributed by atoms with Crippen LogP contribution in [0.3, 0.4) is 0 Å². The number of nitrogens with one attached hydrogen (secondary N) is 1. The molecule has 0 saturated carbocycles. The number of halogens is 1. The third kappa shape index (κ3) is 2.90. The minimum Gasteiger partial charge on any atom is -0.347 e. The molecule has 8 heteroatoms. The van der Waals surface area contributed by atoms with Gasteiger partial charge in [0.2, 0.25) is 0 Å². The molecular formula is C18H17ClN6O. The predicted molar refractivity (Wildman–Crippen MR) is 101 cm³/mol. The van der Waals surface area contributed by atoms with Crippen LogP contribution in [0.15, 0.2) is 47.7 Å². The molecule has 0 amide bonds.